The predicted molar refractivity (Wildman–Crippen MR) is 62.2 cm³/mol. The van der Waals surface area contributed by atoms with Gasteiger partial charge in [0.15, 0.2) is 0 Å². The van der Waals surface area contributed by atoms with Crippen molar-refractivity contribution >= 4 is 5.97 Å². The van der Waals surface area contributed by atoms with Gasteiger partial charge in [0, 0.05) is 12.1 Å². The van der Waals surface area contributed by atoms with Gasteiger partial charge in [0.2, 0.25) is 0 Å². The summed E-state index contributed by atoms with van der Waals surface area (Å²) in [5.74, 6) is -0.280. The van der Waals surface area contributed by atoms with Crippen molar-refractivity contribution in [3.05, 3.63) is 29.3 Å². The minimum Gasteiger partial charge on any atom is -0.492 e. The number of hydrogen-bond donors (Lipinski definition) is 1. The minimum atomic E-state index is -0.921. The fourth-order valence-corrected chi connectivity index (χ4v) is 1.34. The van der Waals surface area contributed by atoms with E-state index in [0.29, 0.717) is 23.5 Å². The zero-order chi connectivity index (χ0) is 12.1. The van der Waals surface area contributed by atoms with Crippen LogP contribution in [0.4, 0.5) is 0 Å². The Hall–Kier alpha value is -1.55. The molecule has 0 fully saturated rings. The Kier molecular flexibility index (Phi) is 4.31. The molecule has 0 aliphatic rings. The van der Waals surface area contributed by atoms with Crippen molar-refractivity contribution in [2.45, 2.75) is 6.92 Å². The number of hydrogen-bond acceptors (Lipinski definition) is 3. The number of benzene rings is 1. The van der Waals surface area contributed by atoms with E-state index in [1.165, 1.54) is 0 Å². The van der Waals surface area contributed by atoms with E-state index in [4.69, 9.17) is 9.84 Å². The molecule has 0 bridgehead atoms. The van der Waals surface area contributed by atoms with Crippen LogP contribution in [0.3, 0.4) is 0 Å². The van der Waals surface area contributed by atoms with E-state index in [1.807, 2.05) is 19.0 Å². The van der Waals surface area contributed by atoms with Crippen molar-refractivity contribution in [2.24, 2.45) is 0 Å². The Morgan fingerprint density at radius 3 is 2.69 bits per heavy atom. The van der Waals surface area contributed by atoms with E-state index in [1.54, 1.807) is 25.1 Å². The van der Waals surface area contributed by atoms with Crippen LogP contribution in [0, 0.1) is 6.92 Å². The molecule has 4 heteroatoms. The predicted octanol–water partition coefficient (Wildman–Crippen LogP) is 1.63. The van der Waals surface area contributed by atoms with Crippen LogP contribution < -0.4 is 4.74 Å². The molecule has 4 nitrogen and oxygen atoms in total. The Morgan fingerprint density at radius 2 is 2.12 bits per heavy atom. The van der Waals surface area contributed by atoms with Gasteiger partial charge in [-0.05, 0) is 33.2 Å². The van der Waals surface area contributed by atoms with E-state index < -0.39 is 5.97 Å². The first-order chi connectivity index (χ1) is 7.52. The molecule has 0 aliphatic carbocycles. The van der Waals surface area contributed by atoms with Crippen molar-refractivity contribution in [1.82, 2.24) is 4.90 Å². The van der Waals surface area contributed by atoms with Gasteiger partial charge in [0.05, 0.1) is 5.56 Å². The number of rotatable bonds is 5. The summed E-state index contributed by atoms with van der Waals surface area (Å²) in [6.07, 6.45) is 0. The number of aromatic carboxylic acids is 1. The zero-order valence-corrected chi connectivity index (χ0v) is 9.86. The third kappa shape index (κ3) is 3.24. The Bertz CT molecular complexity index is 375. The van der Waals surface area contributed by atoms with Gasteiger partial charge in [-0.1, -0.05) is 6.07 Å². The molecular formula is C12H17NO3. The third-order valence-electron chi connectivity index (χ3n) is 2.31. The van der Waals surface area contributed by atoms with Gasteiger partial charge in [-0.15, -0.1) is 0 Å². The van der Waals surface area contributed by atoms with E-state index in [2.05, 4.69) is 0 Å². The molecule has 0 amide bonds. The first-order valence-corrected chi connectivity index (χ1v) is 5.13. The van der Waals surface area contributed by atoms with Gasteiger partial charge in [-0.25, -0.2) is 4.79 Å². The largest absolute Gasteiger partial charge is 0.492 e. The molecule has 0 radical (unpaired) electrons. The van der Waals surface area contributed by atoms with Crippen LogP contribution in [0.1, 0.15) is 15.9 Å². The zero-order valence-electron chi connectivity index (χ0n) is 9.86. The topological polar surface area (TPSA) is 49.8 Å². The van der Waals surface area contributed by atoms with Crippen LogP contribution in [0.25, 0.3) is 0 Å². The molecule has 1 N–H and O–H groups in total. The summed E-state index contributed by atoms with van der Waals surface area (Å²) in [7, 11) is 3.92. The average molecular weight is 223 g/mol. The molecule has 88 valence electrons. The highest BCUT2D eigenvalue weighted by Gasteiger charge is 2.10. The van der Waals surface area contributed by atoms with Crippen LogP contribution in [-0.4, -0.2) is 43.2 Å². The second-order valence-corrected chi connectivity index (χ2v) is 3.89. The molecule has 0 spiro atoms. The average Bonchev–Trinajstić information content (AvgIpc) is 2.19. The summed E-state index contributed by atoms with van der Waals surface area (Å²) in [5, 5.41) is 8.94. The van der Waals surface area contributed by atoms with Crippen molar-refractivity contribution in [3.8, 4) is 5.75 Å². The molecule has 0 aliphatic heterocycles. The molecule has 0 heterocycles. The molecular weight excluding hydrogens is 206 g/mol. The maximum absolute atomic E-state index is 10.9. The van der Waals surface area contributed by atoms with E-state index in [0.717, 1.165) is 6.54 Å². The van der Waals surface area contributed by atoms with Gasteiger partial charge in [0.1, 0.15) is 12.4 Å². The Morgan fingerprint density at radius 1 is 1.44 bits per heavy atom. The standard InChI is InChI=1S/C12H17NO3/c1-9-10(12(14)15)5-4-6-11(9)16-8-7-13(2)3/h4-6H,7-8H2,1-3H3,(H,14,15). The molecule has 1 aromatic rings. The maximum atomic E-state index is 10.9. The normalized spacial score (nSPS) is 10.5. The number of likely N-dealkylation sites (N-methyl/N-ethyl adjacent to an activating group) is 1. The fourth-order valence-electron chi connectivity index (χ4n) is 1.34. The number of ether oxygens (including phenoxy) is 1. The third-order valence-corrected chi connectivity index (χ3v) is 2.31. The van der Waals surface area contributed by atoms with Gasteiger partial charge in [-0.3, -0.25) is 0 Å². The smallest absolute Gasteiger partial charge is 0.336 e. The first kappa shape index (κ1) is 12.5. The van der Waals surface area contributed by atoms with Gasteiger partial charge >= 0.3 is 5.97 Å². The first-order valence-electron chi connectivity index (χ1n) is 5.13. The lowest BCUT2D eigenvalue weighted by molar-refractivity contribution is 0.0695. The van der Waals surface area contributed by atoms with Gasteiger partial charge in [-0.2, -0.15) is 0 Å². The van der Waals surface area contributed by atoms with E-state index in [-0.39, 0.29) is 0 Å². The second-order valence-electron chi connectivity index (χ2n) is 3.89. The van der Waals surface area contributed by atoms with Crippen LogP contribution in [0.15, 0.2) is 18.2 Å². The number of carboxylic acids is 1. The lowest BCUT2D eigenvalue weighted by atomic mass is 10.1. The highest BCUT2D eigenvalue weighted by atomic mass is 16.5. The Labute approximate surface area is 95.5 Å². The maximum Gasteiger partial charge on any atom is 0.336 e. The highest BCUT2D eigenvalue weighted by Crippen LogP contribution is 2.21. The molecule has 0 saturated heterocycles. The molecule has 0 saturated carbocycles. The molecule has 1 rings (SSSR count). The van der Waals surface area contributed by atoms with Crippen molar-refractivity contribution < 1.29 is 14.6 Å². The fraction of sp³-hybridized carbons (Fsp3) is 0.417. The quantitative estimate of drug-likeness (QED) is 0.824. The summed E-state index contributed by atoms with van der Waals surface area (Å²) in [4.78, 5) is 12.9. The summed E-state index contributed by atoms with van der Waals surface area (Å²) < 4.78 is 5.53. The second kappa shape index (κ2) is 5.51. The lowest BCUT2D eigenvalue weighted by Crippen LogP contribution is -2.19. The van der Waals surface area contributed by atoms with Gasteiger partial charge < -0.3 is 14.7 Å². The number of nitrogens with zero attached hydrogens (tertiary/aromatic N) is 1. The highest BCUT2D eigenvalue weighted by molar-refractivity contribution is 5.90. The summed E-state index contributed by atoms with van der Waals surface area (Å²) >= 11 is 0. The van der Waals surface area contributed by atoms with E-state index >= 15 is 0 Å². The summed E-state index contributed by atoms with van der Waals surface area (Å²) in [5.41, 5.74) is 0.969. The van der Waals surface area contributed by atoms with Gasteiger partial charge in [0.25, 0.3) is 0 Å². The molecule has 0 unspecified atom stereocenters. The van der Waals surface area contributed by atoms with Crippen LogP contribution in [-0.2, 0) is 0 Å². The van der Waals surface area contributed by atoms with E-state index in [9.17, 15) is 4.79 Å². The minimum absolute atomic E-state index is 0.294. The summed E-state index contributed by atoms with van der Waals surface area (Å²) in [6, 6.07) is 5.06. The van der Waals surface area contributed by atoms with Crippen LogP contribution in [0.2, 0.25) is 0 Å². The lowest BCUT2D eigenvalue weighted by Gasteiger charge is -2.13. The number of carboxylic acid groups (broad SMARTS) is 1. The molecule has 0 aromatic heterocycles. The molecule has 1 aromatic carbocycles. The SMILES string of the molecule is Cc1c(OCCN(C)C)cccc1C(=O)O. The molecule has 0 atom stereocenters. The monoisotopic (exact) mass is 223 g/mol. The van der Waals surface area contributed by atoms with Crippen molar-refractivity contribution in [3.63, 3.8) is 0 Å². The van der Waals surface area contributed by atoms with Crippen molar-refractivity contribution in [1.29, 1.82) is 0 Å². The molecule has 16 heavy (non-hydrogen) atoms. The van der Waals surface area contributed by atoms with Crippen molar-refractivity contribution in [2.75, 3.05) is 27.2 Å². The summed E-state index contributed by atoms with van der Waals surface area (Å²) in [6.45, 7) is 3.11. The Balaban J connectivity index is 2.73. The number of carbonyl (C=O) groups is 1. The van der Waals surface area contributed by atoms with Crippen LogP contribution in [0.5, 0.6) is 5.75 Å². The van der Waals surface area contributed by atoms with Crippen LogP contribution >= 0.6 is 0 Å².